The largest absolute Gasteiger partial charge is 0.460 e. The highest BCUT2D eigenvalue weighted by molar-refractivity contribution is 5.69. The van der Waals surface area contributed by atoms with Crippen molar-refractivity contribution in [3.05, 3.63) is 24.8 Å². The number of likely N-dealkylation sites (N-methyl/N-ethyl adjacent to an activating group) is 1. The Kier molecular flexibility index (Phi) is 18.5. The monoisotopic (exact) mass is 394 g/mol. The smallest absolute Gasteiger partial charge is 0.305 e. The Hall–Kier alpha value is -1.09. The molecule has 3 heteroatoms. The van der Waals surface area contributed by atoms with Gasteiger partial charge in [-0.2, -0.15) is 0 Å². The number of unbranched alkanes of at least 4 members (excludes halogenated alkanes) is 11. The van der Waals surface area contributed by atoms with Crippen LogP contribution in [0.3, 0.4) is 0 Å². The van der Waals surface area contributed by atoms with Crippen LogP contribution in [0.25, 0.3) is 0 Å². The second-order valence-corrected chi connectivity index (χ2v) is 8.69. The summed E-state index contributed by atoms with van der Waals surface area (Å²) >= 11 is 0. The number of carbonyl (C=O) groups excluding carboxylic acids is 1. The molecule has 0 bridgehead atoms. The molecule has 0 heterocycles. The van der Waals surface area contributed by atoms with Crippen molar-refractivity contribution < 1.29 is 14.0 Å². The minimum Gasteiger partial charge on any atom is -0.460 e. The van der Waals surface area contributed by atoms with Gasteiger partial charge in [0.05, 0.1) is 20.6 Å². The van der Waals surface area contributed by atoms with E-state index >= 15 is 0 Å². The minimum atomic E-state index is -0.0452. The Labute approximate surface area is 175 Å². The summed E-state index contributed by atoms with van der Waals surface area (Å²) in [4.78, 5) is 11.8. The van der Waals surface area contributed by atoms with E-state index in [1.54, 1.807) is 0 Å². The Morgan fingerprint density at radius 1 is 0.857 bits per heavy atom. The average molecular weight is 395 g/mol. The third-order valence-corrected chi connectivity index (χ3v) is 5.23. The SMILES string of the molecule is C=CC[N+](C)(C)CCOC(=O)CCCCCCC/C=C\CCCCCCCC. The summed E-state index contributed by atoms with van der Waals surface area (Å²) in [7, 11) is 4.25. The number of quaternary nitrogens is 1. The molecule has 0 fully saturated rings. The van der Waals surface area contributed by atoms with E-state index in [0.717, 1.165) is 30.4 Å². The summed E-state index contributed by atoms with van der Waals surface area (Å²) in [6, 6.07) is 0. The van der Waals surface area contributed by atoms with E-state index in [4.69, 9.17) is 4.74 Å². The lowest BCUT2D eigenvalue weighted by Gasteiger charge is -2.27. The molecule has 0 saturated heterocycles. The molecular weight excluding hydrogens is 346 g/mol. The Balaban J connectivity index is 3.35. The molecule has 0 aliphatic carbocycles. The fraction of sp³-hybridized carbons (Fsp3) is 0.800. The van der Waals surface area contributed by atoms with E-state index in [0.29, 0.717) is 13.0 Å². The van der Waals surface area contributed by atoms with Gasteiger partial charge < -0.3 is 9.22 Å². The number of ether oxygens (including phenoxy) is 1. The maximum atomic E-state index is 11.8. The molecule has 164 valence electrons. The average Bonchev–Trinajstić information content (AvgIpc) is 2.64. The molecule has 0 spiro atoms. The molecule has 0 aromatic carbocycles. The maximum absolute atomic E-state index is 11.8. The standard InChI is InChI=1S/C25H48NO2/c1-5-7-8-9-10-11-12-13-14-15-16-17-18-19-20-21-25(27)28-24-23-26(3,4)22-6-2/h6,13-14H,2,5,7-12,15-24H2,1,3-4H3/q+1/b14-13-. The number of hydrogen-bond donors (Lipinski definition) is 0. The number of hydrogen-bond acceptors (Lipinski definition) is 2. The van der Waals surface area contributed by atoms with Crippen LogP contribution in [-0.4, -0.2) is 44.2 Å². The van der Waals surface area contributed by atoms with Gasteiger partial charge in [-0.15, -0.1) is 0 Å². The van der Waals surface area contributed by atoms with Crippen LogP contribution < -0.4 is 0 Å². The second-order valence-electron chi connectivity index (χ2n) is 8.69. The third kappa shape index (κ3) is 19.7. The van der Waals surface area contributed by atoms with Crippen molar-refractivity contribution in [1.82, 2.24) is 0 Å². The van der Waals surface area contributed by atoms with Crippen molar-refractivity contribution in [3.8, 4) is 0 Å². The molecule has 0 aromatic rings. The van der Waals surface area contributed by atoms with Crippen LogP contribution in [-0.2, 0) is 9.53 Å². The number of allylic oxidation sites excluding steroid dienone is 2. The zero-order valence-corrected chi connectivity index (χ0v) is 19.2. The van der Waals surface area contributed by atoms with E-state index in [2.05, 4.69) is 39.8 Å². The van der Waals surface area contributed by atoms with Crippen LogP contribution >= 0.6 is 0 Å². The quantitative estimate of drug-likeness (QED) is 0.0979. The van der Waals surface area contributed by atoms with E-state index in [-0.39, 0.29) is 5.97 Å². The van der Waals surface area contributed by atoms with Gasteiger partial charge in [-0.3, -0.25) is 4.79 Å². The molecule has 0 N–H and O–H groups in total. The molecule has 3 nitrogen and oxygen atoms in total. The van der Waals surface area contributed by atoms with Gasteiger partial charge in [-0.05, 0) is 38.2 Å². The van der Waals surface area contributed by atoms with E-state index in [1.807, 2.05) is 6.08 Å². The topological polar surface area (TPSA) is 26.3 Å². The van der Waals surface area contributed by atoms with Crippen molar-refractivity contribution in [3.63, 3.8) is 0 Å². The van der Waals surface area contributed by atoms with Crippen LogP contribution in [0.2, 0.25) is 0 Å². The first-order valence-electron chi connectivity index (χ1n) is 11.8. The molecule has 0 radical (unpaired) electrons. The zero-order valence-electron chi connectivity index (χ0n) is 19.2. The number of nitrogens with zero attached hydrogens (tertiary/aromatic N) is 1. The lowest BCUT2D eigenvalue weighted by Crippen LogP contribution is -2.42. The molecule has 0 saturated carbocycles. The van der Waals surface area contributed by atoms with Crippen LogP contribution in [0, 0.1) is 0 Å². The molecule has 0 amide bonds. The van der Waals surface area contributed by atoms with Gasteiger partial charge in [-0.25, -0.2) is 0 Å². The fourth-order valence-corrected chi connectivity index (χ4v) is 3.26. The Morgan fingerprint density at radius 2 is 1.39 bits per heavy atom. The highest BCUT2D eigenvalue weighted by Crippen LogP contribution is 2.10. The molecule has 0 aromatic heterocycles. The second kappa shape index (κ2) is 19.2. The number of esters is 1. The molecule has 0 aliphatic heterocycles. The van der Waals surface area contributed by atoms with Gasteiger partial charge in [0, 0.05) is 6.42 Å². The Bertz CT molecular complexity index is 401. The number of carbonyl (C=O) groups is 1. The molecule has 28 heavy (non-hydrogen) atoms. The van der Waals surface area contributed by atoms with Crippen LogP contribution in [0.4, 0.5) is 0 Å². The van der Waals surface area contributed by atoms with E-state index in [1.165, 1.54) is 70.6 Å². The molecule has 0 aliphatic rings. The molecule has 0 atom stereocenters. The van der Waals surface area contributed by atoms with Crippen molar-refractivity contribution in [2.24, 2.45) is 0 Å². The van der Waals surface area contributed by atoms with Crippen molar-refractivity contribution in [2.45, 2.75) is 96.8 Å². The fourth-order valence-electron chi connectivity index (χ4n) is 3.26. The van der Waals surface area contributed by atoms with E-state index < -0.39 is 0 Å². The summed E-state index contributed by atoms with van der Waals surface area (Å²) in [5.41, 5.74) is 0. The van der Waals surface area contributed by atoms with Crippen molar-refractivity contribution in [2.75, 3.05) is 33.8 Å². The first kappa shape index (κ1) is 26.9. The van der Waals surface area contributed by atoms with E-state index in [9.17, 15) is 4.79 Å². The van der Waals surface area contributed by atoms with Crippen LogP contribution in [0.5, 0.6) is 0 Å². The summed E-state index contributed by atoms with van der Waals surface area (Å²) in [5, 5.41) is 0. The first-order chi connectivity index (χ1) is 13.5. The summed E-state index contributed by atoms with van der Waals surface area (Å²) < 4.78 is 6.16. The van der Waals surface area contributed by atoms with Crippen LogP contribution in [0.1, 0.15) is 96.8 Å². The van der Waals surface area contributed by atoms with Gasteiger partial charge in [0.25, 0.3) is 0 Å². The highest BCUT2D eigenvalue weighted by Gasteiger charge is 2.13. The normalized spacial score (nSPS) is 11.8. The molecule has 0 unspecified atom stereocenters. The maximum Gasteiger partial charge on any atom is 0.305 e. The van der Waals surface area contributed by atoms with Gasteiger partial charge in [0.1, 0.15) is 13.2 Å². The predicted octanol–water partition coefficient (Wildman–Crippen LogP) is 6.83. The lowest BCUT2D eigenvalue weighted by atomic mass is 10.1. The van der Waals surface area contributed by atoms with Gasteiger partial charge in [0.15, 0.2) is 0 Å². The summed E-state index contributed by atoms with van der Waals surface area (Å²) in [5.74, 6) is -0.0452. The van der Waals surface area contributed by atoms with Crippen molar-refractivity contribution >= 4 is 5.97 Å². The summed E-state index contributed by atoms with van der Waals surface area (Å²) in [6.07, 6.45) is 23.8. The lowest BCUT2D eigenvalue weighted by molar-refractivity contribution is -0.884. The Morgan fingerprint density at radius 3 is 1.96 bits per heavy atom. The predicted molar refractivity (Wildman–Crippen MR) is 122 cm³/mol. The minimum absolute atomic E-state index is 0.0452. The first-order valence-corrected chi connectivity index (χ1v) is 11.8. The van der Waals surface area contributed by atoms with Crippen molar-refractivity contribution in [1.29, 1.82) is 0 Å². The molecule has 0 rings (SSSR count). The number of rotatable bonds is 20. The highest BCUT2D eigenvalue weighted by atomic mass is 16.5. The zero-order chi connectivity index (χ0) is 20.9. The summed E-state index contributed by atoms with van der Waals surface area (Å²) in [6.45, 7) is 8.27. The van der Waals surface area contributed by atoms with Gasteiger partial charge >= 0.3 is 5.97 Å². The van der Waals surface area contributed by atoms with Gasteiger partial charge in [0.2, 0.25) is 0 Å². The third-order valence-electron chi connectivity index (χ3n) is 5.23. The van der Waals surface area contributed by atoms with Gasteiger partial charge in [-0.1, -0.05) is 77.0 Å². The van der Waals surface area contributed by atoms with Crippen LogP contribution in [0.15, 0.2) is 24.8 Å². The molecular formula is C25H48NO2+.